The van der Waals surface area contributed by atoms with Gasteiger partial charge in [0.1, 0.15) is 0 Å². The highest BCUT2D eigenvalue weighted by molar-refractivity contribution is 7.81. The second-order valence-corrected chi connectivity index (χ2v) is 5.35. The van der Waals surface area contributed by atoms with Crippen molar-refractivity contribution in [3.63, 3.8) is 0 Å². The molecule has 0 rings (SSSR count). The average Bonchev–Trinajstić information content (AvgIpc) is 2.34. The first-order chi connectivity index (χ1) is 8.04. The van der Waals surface area contributed by atoms with Crippen LogP contribution in [0, 0.1) is 0 Å². The molecule has 0 radical (unpaired) electrons. The van der Waals surface area contributed by atoms with Crippen molar-refractivity contribution in [1.82, 2.24) is 0 Å². The second kappa shape index (κ2) is 13.9. The van der Waals surface area contributed by atoms with Gasteiger partial charge < -0.3 is 0 Å². The molecule has 106 valence electrons. The first-order valence-corrected chi connectivity index (χ1v) is 7.73. The van der Waals surface area contributed by atoms with Crippen molar-refractivity contribution >= 4 is 10.4 Å². The Hall–Kier alpha value is -0.130. The van der Waals surface area contributed by atoms with Crippen molar-refractivity contribution in [2.24, 2.45) is 0 Å². The Morgan fingerprint density at radius 1 is 0.706 bits per heavy atom. The monoisotopic (exact) mass is 268 g/mol. The van der Waals surface area contributed by atoms with E-state index in [9.17, 15) is 8.42 Å². The number of hydrogen-bond acceptors (Lipinski definition) is 4. The normalized spacial score (nSPS) is 10.8. The summed E-state index contributed by atoms with van der Waals surface area (Å²) in [5.74, 6) is 0. The van der Waals surface area contributed by atoms with Crippen molar-refractivity contribution in [2.45, 2.75) is 65.2 Å². The molecule has 0 spiro atoms. The highest BCUT2D eigenvalue weighted by atomic mass is 32.3. The molecule has 0 atom stereocenters. The predicted molar refractivity (Wildman–Crippen MR) is 71.2 cm³/mol. The molecule has 0 fully saturated rings. The van der Waals surface area contributed by atoms with E-state index in [1.165, 1.54) is 51.4 Å². The zero-order valence-electron chi connectivity index (χ0n) is 11.7. The lowest BCUT2D eigenvalue weighted by atomic mass is 10.1. The van der Waals surface area contributed by atoms with Crippen LogP contribution in [-0.4, -0.2) is 22.6 Å². The number of rotatable bonds is 9. The third kappa shape index (κ3) is 18.4. The molecule has 17 heavy (non-hydrogen) atoms. The van der Waals surface area contributed by atoms with Gasteiger partial charge in [-0.1, -0.05) is 65.2 Å². The van der Waals surface area contributed by atoms with Crippen molar-refractivity contribution in [2.75, 3.05) is 14.2 Å². The molecule has 4 nitrogen and oxygen atoms in total. The van der Waals surface area contributed by atoms with Gasteiger partial charge in [-0.15, -0.1) is 0 Å². The van der Waals surface area contributed by atoms with Gasteiger partial charge in [0.25, 0.3) is 0 Å². The Labute approximate surface area is 107 Å². The third-order valence-corrected chi connectivity index (χ3v) is 3.18. The molecule has 0 saturated heterocycles. The zero-order chi connectivity index (χ0) is 13.6. The van der Waals surface area contributed by atoms with Crippen molar-refractivity contribution in [3.05, 3.63) is 0 Å². The quantitative estimate of drug-likeness (QED) is 0.599. The van der Waals surface area contributed by atoms with Crippen molar-refractivity contribution in [3.8, 4) is 0 Å². The summed E-state index contributed by atoms with van der Waals surface area (Å²) in [6, 6.07) is 0. The van der Waals surface area contributed by atoms with Gasteiger partial charge in [0.15, 0.2) is 0 Å². The SMILES string of the molecule is CCCCCCCCCC.COS(=O)(=O)OC. The van der Waals surface area contributed by atoms with E-state index < -0.39 is 10.4 Å². The smallest absolute Gasteiger partial charge is 0.252 e. The molecular formula is C12H28O4S. The minimum Gasteiger partial charge on any atom is -0.252 e. The molecule has 0 bridgehead atoms. The maximum atomic E-state index is 9.92. The van der Waals surface area contributed by atoms with E-state index in [-0.39, 0.29) is 0 Å². The average molecular weight is 268 g/mol. The Morgan fingerprint density at radius 2 is 1.00 bits per heavy atom. The van der Waals surface area contributed by atoms with E-state index in [4.69, 9.17) is 0 Å². The first-order valence-electron chi connectivity index (χ1n) is 6.40. The van der Waals surface area contributed by atoms with Gasteiger partial charge >= 0.3 is 10.4 Å². The molecule has 0 amide bonds. The van der Waals surface area contributed by atoms with Crippen LogP contribution in [0.3, 0.4) is 0 Å². The van der Waals surface area contributed by atoms with Crippen LogP contribution in [0.4, 0.5) is 0 Å². The highest BCUT2D eigenvalue weighted by Gasteiger charge is 2.01. The zero-order valence-corrected chi connectivity index (χ0v) is 12.5. The lowest BCUT2D eigenvalue weighted by molar-refractivity contribution is 0.286. The summed E-state index contributed by atoms with van der Waals surface area (Å²) in [6.07, 6.45) is 11.5. The standard InChI is InChI=1S/C10H22.C2H6O4S/c1-3-5-7-9-10-8-6-4-2;1-5-7(3,4)6-2/h3-10H2,1-2H3;1-2H3. The number of unbranched alkanes of at least 4 members (excludes halogenated alkanes) is 7. The van der Waals surface area contributed by atoms with Gasteiger partial charge in [-0.2, -0.15) is 8.42 Å². The maximum Gasteiger partial charge on any atom is 0.399 e. The molecule has 0 aromatic rings. The van der Waals surface area contributed by atoms with Gasteiger partial charge in [-0.3, -0.25) is 8.37 Å². The van der Waals surface area contributed by atoms with E-state index in [1.807, 2.05) is 0 Å². The van der Waals surface area contributed by atoms with Crippen molar-refractivity contribution < 1.29 is 16.8 Å². The topological polar surface area (TPSA) is 52.6 Å². The minimum absolute atomic E-state index is 1.03. The Balaban J connectivity index is 0. The lowest BCUT2D eigenvalue weighted by Crippen LogP contribution is -2.02. The van der Waals surface area contributed by atoms with Crippen molar-refractivity contribution in [1.29, 1.82) is 0 Å². The van der Waals surface area contributed by atoms with E-state index in [2.05, 4.69) is 22.2 Å². The highest BCUT2D eigenvalue weighted by Crippen LogP contribution is 2.07. The van der Waals surface area contributed by atoms with Crippen LogP contribution in [0.2, 0.25) is 0 Å². The summed E-state index contributed by atoms with van der Waals surface area (Å²) in [7, 11) is -1.60. The molecule has 0 heterocycles. The van der Waals surface area contributed by atoms with E-state index in [0.717, 1.165) is 14.2 Å². The molecule has 5 heteroatoms. The summed E-state index contributed by atoms with van der Waals surface area (Å²) in [5.41, 5.74) is 0. The summed E-state index contributed by atoms with van der Waals surface area (Å²) in [5, 5.41) is 0. The summed E-state index contributed by atoms with van der Waals surface area (Å²) in [4.78, 5) is 0. The molecule has 0 aromatic carbocycles. The summed E-state index contributed by atoms with van der Waals surface area (Å²) >= 11 is 0. The van der Waals surface area contributed by atoms with Gasteiger partial charge in [-0.25, -0.2) is 0 Å². The Bertz CT molecular complexity index is 207. The fourth-order valence-electron chi connectivity index (χ4n) is 1.28. The summed E-state index contributed by atoms with van der Waals surface area (Å²) < 4.78 is 27.5. The maximum absolute atomic E-state index is 9.92. The minimum atomic E-state index is -3.66. The molecule has 0 N–H and O–H groups in total. The fourth-order valence-corrected chi connectivity index (χ4v) is 1.41. The van der Waals surface area contributed by atoms with Crippen LogP contribution in [0.25, 0.3) is 0 Å². The molecule has 0 aromatic heterocycles. The van der Waals surface area contributed by atoms with Crippen LogP contribution in [0.15, 0.2) is 0 Å². The van der Waals surface area contributed by atoms with E-state index >= 15 is 0 Å². The van der Waals surface area contributed by atoms with Crippen LogP contribution in [-0.2, 0) is 18.8 Å². The van der Waals surface area contributed by atoms with Crippen LogP contribution in [0.1, 0.15) is 65.2 Å². The van der Waals surface area contributed by atoms with Crippen LogP contribution in [0.5, 0.6) is 0 Å². The van der Waals surface area contributed by atoms with Gasteiger partial charge in [0.05, 0.1) is 14.2 Å². The molecule has 0 aliphatic rings. The molecule has 0 aliphatic heterocycles. The van der Waals surface area contributed by atoms with Crippen LogP contribution < -0.4 is 0 Å². The third-order valence-electron chi connectivity index (χ3n) is 2.37. The second-order valence-electron chi connectivity index (χ2n) is 3.86. The van der Waals surface area contributed by atoms with E-state index in [1.54, 1.807) is 0 Å². The largest absolute Gasteiger partial charge is 0.399 e. The fraction of sp³-hybridized carbons (Fsp3) is 1.00. The van der Waals surface area contributed by atoms with E-state index in [0.29, 0.717) is 0 Å². The Kier molecular flexibility index (Phi) is 15.7. The Morgan fingerprint density at radius 3 is 1.18 bits per heavy atom. The van der Waals surface area contributed by atoms with Gasteiger partial charge in [0.2, 0.25) is 0 Å². The van der Waals surface area contributed by atoms with Gasteiger partial charge in [-0.05, 0) is 0 Å². The first kappa shape index (κ1) is 19.2. The number of hydrogen-bond donors (Lipinski definition) is 0. The molecule has 0 aliphatic carbocycles. The van der Waals surface area contributed by atoms with Gasteiger partial charge in [0, 0.05) is 0 Å². The lowest BCUT2D eigenvalue weighted by Gasteiger charge is -1.97. The van der Waals surface area contributed by atoms with Crippen LogP contribution >= 0.6 is 0 Å². The molecule has 0 unspecified atom stereocenters. The predicted octanol–water partition coefficient (Wildman–Crippen LogP) is 3.67. The molecular weight excluding hydrogens is 240 g/mol. The molecule has 0 saturated carbocycles. The summed E-state index contributed by atoms with van der Waals surface area (Å²) in [6.45, 7) is 4.54.